The molecule has 0 N–H and O–H groups in total. The van der Waals surface area contributed by atoms with Crippen molar-refractivity contribution >= 4 is 34.2 Å². The Labute approximate surface area is 168 Å². The zero-order chi connectivity index (χ0) is 19.7. The zero-order valence-electron chi connectivity index (χ0n) is 16.2. The van der Waals surface area contributed by atoms with E-state index in [0.29, 0.717) is 5.75 Å². The maximum absolute atomic E-state index is 12.8. The van der Waals surface area contributed by atoms with Crippen molar-refractivity contribution in [3.05, 3.63) is 71.8 Å². The van der Waals surface area contributed by atoms with Crippen molar-refractivity contribution in [3.63, 3.8) is 0 Å². The highest BCUT2D eigenvalue weighted by molar-refractivity contribution is 7.99. The van der Waals surface area contributed by atoms with Crippen molar-refractivity contribution < 1.29 is 4.79 Å². The molecule has 0 radical (unpaired) electrons. The summed E-state index contributed by atoms with van der Waals surface area (Å²) in [5, 5.41) is 10.5. The van der Waals surface area contributed by atoms with Crippen LogP contribution in [-0.2, 0) is 4.79 Å². The largest absolute Gasteiger partial charge is 0.338 e. The lowest BCUT2D eigenvalue weighted by molar-refractivity contribution is -0.128. The standard InChI is InChI=1S/C22H22N4OS/c1-15-13-20-23-24-22(26(20)19-12-8-7-11-18(15)19)28-14-21(27)25(3)16(2)17-9-5-4-6-10-17/h4-13,16H,14H2,1-3H3. The number of hydrogen-bond donors (Lipinski definition) is 0. The van der Waals surface area contributed by atoms with Gasteiger partial charge < -0.3 is 4.90 Å². The minimum absolute atomic E-state index is 0.0212. The third kappa shape index (κ3) is 3.36. The predicted molar refractivity (Wildman–Crippen MR) is 114 cm³/mol. The minimum Gasteiger partial charge on any atom is -0.338 e. The van der Waals surface area contributed by atoms with Crippen LogP contribution >= 0.6 is 11.8 Å². The van der Waals surface area contributed by atoms with E-state index in [4.69, 9.17) is 0 Å². The van der Waals surface area contributed by atoms with Crippen LogP contribution in [-0.4, -0.2) is 38.2 Å². The molecule has 2 heterocycles. The van der Waals surface area contributed by atoms with E-state index in [1.165, 1.54) is 17.3 Å². The van der Waals surface area contributed by atoms with E-state index in [-0.39, 0.29) is 11.9 Å². The van der Waals surface area contributed by atoms with Crippen LogP contribution < -0.4 is 0 Å². The summed E-state index contributed by atoms with van der Waals surface area (Å²) in [5.41, 5.74) is 4.15. The molecule has 1 atom stereocenters. The Morgan fingerprint density at radius 1 is 1.11 bits per heavy atom. The van der Waals surface area contributed by atoms with Crippen LogP contribution in [0.3, 0.4) is 0 Å². The molecule has 0 aliphatic rings. The van der Waals surface area contributed by atoms with E-state index in [0.717, 1.165) is 27.3 Å². The van der Waals surface area contributed by atoms with Crippen LogP contribution in [0.5, 0.6) is 0 Å². The average Bonchev–Trinajstić information content (AvgIpc) is 3.14. The molecule has 4 aromatic rings. The molecule has 0 bridgehead atoms. The number of hydrogen-bond acceptors (Lipinski definition) is 4. The maximum Gasteiger partial charge on any atom is 0.233 e. The van der Waals surface area contributed by atoms with E-state index in [1.54, 1.807) is 4.90 Å². The molecule has 0 saturated carbocycles. The molecule has 1 unspecified atom stereocenters. The highest BCUT2D eigenvalue weighted by atomic mass is 32.2. The van der Waals surface area contributed by atoms with Gasteiger partial charge in [0.05, 0.1) is 17.3 Å². The van der Waals surface area contributed by atoms with Crippen molar-refractivity contribution in [1.29, 1.82) is 0 Å². The summed E-state index contributed by atoms with van der Waals surface area (Å²) < 4.78 is 2.03. The molecule has 5 nitrogen and oxygen atoms in total. The number of thioether (sulfide) groups is 1. The third-order valence-corrected chi connectivity index (χ3v) is 6.07. The van der Waals surface area contributed by atoms with Gasteiger partial charge >= 0.3 is 0 Å². The molecule has 0 spiro atoms. The zero-order valence-corrected chi connectivity index (χ0v) is 17.0. The monoisotopic (exact) mass is 390 g/mol. The molecule has 4 rings (SSSR count). The molecule has 6 heteroatoms. The van der Waals surface area contributed by atoms with Gasteiger partial charge in [-0.2, -0.15) is 0 Å². The van der Waals surface area contributed by atoms with Crippen molar-refractivity contribution in [1.82, 2.24) is 19.5 Å². The first-order chi connectivity index (χ1) is 13.6. The Morgan fingerprint density at radius 3 is 2.61 bits per heavy atom. The normalized spacial score (nSPS) is 12.4. The molecular formula is C22H22N4OS. The molecule has 0 aliphatic heterocycles. The van der Waals surface area contributed by atoms with E-state index >= 15 is 0 Å². The Balaban J connectivity index is 1.56. The van der Waals surface area contributed by atoms with Gasteiger partial charge in [-0.15, -0.1) is 10.2 Å². The molecule has 0 aliphatic carbocycles. The van der Waals surface area contributed by atoms with Crippen LogP contribution in [0.1, 0.15) is 24.1 Å². The van der Waals surface area contributed by atoms with Crippen LogP contribution in [0.25, 0.3) is 16.6 Å². The molecule has 0 saturated heterocycles. The number of aromatic nitrogens is 3. The van der Waals surface area contributed by atoms with Crippen LogP contribution in [0.2, 0.25) is 0 Å². The summed E-state index contributed by atoms with van der Waals surface area (Å²) in [6.45, 7) is 4.12. The first-order valence-corrected chi connectivity index (χ1v) is 10.2. The highest BCUT2D eigenvalue weighted by Gasteiger charge is 2.19. The summed E-state index contributed by atoms with van der Waals surface area (Å²) in [6.07, 6.45) is 0. The highest BCUT2D eigenvalue weighted by Crippen LogP contribution is 2.26. The fourth-order valence-corrected chi connectivity index (χ4v) is 4.24. The van der Waals surface area contributed by atoms with Crippen molar-refractivity contribution in [3.8, 4) is 0 Å². The maximum atomic E-state index is 12.8. The lowest BCUT2D eigenvalue weighted by Crippen LogP contribution is -2.31. The second-order valence-corrected chi connectivity index (χ2v) is 7.84. The summed E-state index contributed by atoms with van der Waals surface area (Å²) >= 11 is 1.42. The van der Waals surface area contributed by atoms with Gasteiger partial charge in [0.25, 0.3) is 0 Å². The Kier molecular flexibility index (Phi) is 5.05. The fourth-order valence-electron chi connectivity index (χ4n) is 3.37. The van der Waals surface area contributed by atoms with E-state index < -0.39 is 0 Å². The summed E-state index contributed by atoms with van der Waals surface area (Å²) in [7, 11) is 1.85. The van der Waals surface area contributed by atoms with Crippen molar-refractivity contribution in [2.75, 3.05) is 12.8 Å². The molecule has 2 aromatic carbocycles. The number of amides is 1. The number of rotatable bonds is 5. The number of pyridine rings is 1. The Morgan fingerprint density at radius 2 is 1.82 bits per heavy atom. The molecule has 0 fully saturated rings. The second kappa shape index (κ2) is 7.64. The topological polar surface area (TPSA) is 50.5 Å². The van der Waals surface area contributed by atoms with Gasteiger partial charge in [-0.1, -0.05) is 60.3 Å². The van der Waals surface area contributed by atoms with E-state index in [1.807, 2.05) is 66.9 Å². The lowest BCUT2D eigenvalue weighted by atomic mass is 10.1. The van der Waals surface area contributed by atoms with Gasteiger partial charge in [0, 0.05) is 12.4 Å². The van der Waals surface area contributed by atoms with Gasteiger partial charge in [-0.25, -0.2) is 0 Å². The smallest absolute Gasteiger partial charge is 0.233 e. The van der Waals surface area contributed by atoms with Crippen LogP contribution in [0, 0.1) is 6.92 Å². The van der Waals surface area contributed by atoms with Crippen LogP contribution in [0.4, 0.5) is 0 Å². The molecular weight excluding hydrogens is 368 g/mol. The minimum atomic E-state index is 0.0212. The predicted octanol–water partition coefficient (Wildman–Crippen LogP) is 4.50. The number of carbonyl (C=O) groups is 1. The van der Waals surface area contributed by atoms with Crippen LogP contribution in [0.15, 0.2) is 65.8 Å². The van der Waals surface area contributed by atoms with E-state index in [2.05, 4.69) is 29.3 Å². The van der Waals surface area contributed by atoms with Crippen molar-refractivity contribution in [2.45, 2.75) is 25.0 Å². The number of para-hydroxylation sites is 1. The fraction of sp³-hybridized carbons (Fsp3) is 0.227. The average molecular weight is 391 g/mol. The lowest BCUT2D eigenvalue weighted by Gasteiger charge is -2.25. The molecule has 2 aromatic heterocycles. The second-order valence-electron chi connectivity index (χ2n) is 6.90. The third-order valence-electron chi connectivity index (χ3n) is 5.15. The number of aryl methyl sites for hydroxylation is 1. The van der Waals surface area contributed by atoms with Gasteiger partial charge in [0.15, 0.2) is 10.8 Å². The summed E-state index contributed by atoms with van der Waals surface area (Å²) in [4.78, 5) is 14.5. The van der Waals surface area contributed by atoms with Crippen molar-refractivity contribution in [2.24, 2.45) is 0 Å². The van der Waals surface area contributed by atoms with Gasteiger partial charge in [0.2, 0.25) is 5.91 Å². The number of fused-ring (bicyclic) bond motifs is 3. The first-order valence-electron chi connectivity index (χ1n) is 9.23. The Bertz CT molecular complexity index is 1140. The molecule has 28 heavy (non-hydrogen) atoms. The van der Waals surface area contributed by atoms with Gasteiger partial charge in [0.1, 0.15) is 0 Å². The van der Waals surface area contributed by atoms with E-state index in [9.17, 15) is 4.79 Å². The van der Waals surface area contributed by atoms with Gasteiger partial charge in [-0.3, -0.25) is 9.20 Å². The summed E-state index contributed by atoms with van der Waals surface area (Å²) in [5.74, 6) is 0.381. The summed E-state index contributed by atoms with van der Waals surface area (Å²) in [6, 6.07) is 20.3. The quantitative estimate of drug-likeness (QED) is 0.471. The number of carbonyl (C=O) groups excluding carboxylic acids is 1. The number of benzene rings is 2. The molecule has 142 valence electrons. The number of nitrogens with zero attached hydrogens (tertiary/aromatic N) is 4. The Hall–Kier alpha value is -2.86. The van der Waals surface area contributed by atoms with Gasteiger partial charge in [-0.05, 0) is 37.1 Å². The first kappa shape index (κ1) is 18.5. The molecule has 1 amide bonds. The SMILES string of the molecule is Cc1cc2nnc(SCC(=O)N(C)C(C)c3ccccc3)n2c2ccccc12.